The van der Waals surface area contributed by atoms with Crippen LogP contribution in [-0.2, 0) is 23.7 Å². The van der Waals surface area contributed by atoms with Gasteiger partial charge in [-0.05, 0) is 18.8 Å². The lowest BCUT2D eigenvalue weighted by Gasteiger charge is -2.40. The molecule has 0 aromatic heterocycles. The predicted molar refractivity (Wildman–Crippen MR) is 71.9 cm³/mol. The molecule has 0 bridgehead atoms. The molecule has 0 amide bonds. The third kappa shape index (κ3) is 1.01. The lowest BCUT2D eigenvalue weighted by atomic mass is 9.57. The SMILES string of the molecule is C[C@@H]1COC2CC34C5OC(=O)C3(OC3OC[C@H](O)C34C[C@H]5O)C21. The van der Waals surface area contributed by atoms with Crippen LogP contribution in [0.5, 0.6) is 0 Å². The molecule has 0 aromatic carbocycles. The van der Waals surface area contributed by atoms with Crippen LogP contribution in [0.4, 0.5) is 0 Å². The van der Waals surface area contributed by atoms with Crippen LogP contribution in [0.1, 0.15) is 19.8 Å². The predicted octanol–water partition coefficient (Wildman–Crippen LogP) is -0.810. The fourth-order valence-corrected chi connectivity index (χ4v) is 7.17. The van der Waals surface area contributed by atoms with Gasteiger partial charge in [-0.1, -0.05) is 6.92 Å². The van der Waals surface area contributed by atoms with Crippen LogP contribution in [0.3, 0.4) is 0 Å². The highest BCUT2D eigenvalue weighted by molar-refractivity contribution is 5.87. The van der Waals surface area contributed by atoms with Gasteiger partial charge in [-0.2, -0.15) is 0 Å². The highest BCUT2D eigenvalue weighted by Gasteiger charge is 2.94. The summed E-state index contributed by atoms with van der Waals surface area (Å²) in [5.74, 6) is -0.351. The summed E-state index contributed by atoms with van der Waals surface area (Å²) in [5.41, 5.74) is -2.68. The third-order valence-corrected chi connectivity index (χ3v) is 7.71. The standard InChI is InChI=1S/C16H20O7/c1-6-4-20-8-3-15-11-7(17)2-14(15)9(18)5-21-13(14)23-16(15,10(6)8)12(19)22-11/h6-11,13,17-18H,2-5H2,1H3/t6-,7-,8?,9+,10?,11?,13?,14?,15?,16?/m1/s1. The molecule has 0 aromatic rings. The van der Waals surface area contributed by atoms with E-state index in [-0.39, 0.29) is 24.5 Å². The van der Waals surface area contributed by atoms with Crippen molar-refractivity contribution in [2.75, 3.05) is 13.2 Å². The van der Waals surface area contributed by atoms with Crippen LogP contribution in [-0.4, -0.2) is 65.7 Å². The molecule has 7 nitrogen and oxygen atoms in total. The van der Waals surface area contributed by atoms with Gasteiger partial charge in [0.15, 0.2) is 11.9 Å². The molecule has 126 valence electrons. The van der Waals surface area contributed by atoms with Gasteiger partial charge in [-0.3, -0.25) is 0 Å². The molecule has 0 radical (unpaired) electrons. The molecule has 7 heteroatoms. The topological polar surface area (TPSA) is 94.5 Å². The minimum absolute atomic E-state index is 0.0868. The number of hydrogen-bond donors (Lipinski definition) is 2. The average Bonchev–Trinajstić information content (AvgIpc) is 3.23. The lowest BCUT2D eigenvalue weighted by Crippen LogP contribution is -2.56. The van der Waals surface area contributed by atoms with Crippen molar-refractivity contribution in [3.8, 4) is 0 Å². The van der Waals surface area contributed by atoms with Crippen LogP contribution in [0.2, 0.25) is 0 Å². The van der Waals surface area contributed by atoms with E-state index in [1.807, 2.05) is 0 Å². The van der Waals surface area contributed by atoms with Crippen molar-refractivity contribution in [2.45, 2.75) is 56.1 Å². The first-order chi connectivity index (χ1) is 11.0. The van der Waals surface area contributed by atoms with E-state index in [4.69, 9.17) is 18.9 Å². The highest BCUT2D eigenvalue weighted by Crippen LogP contribution is 2.81. The first kappa shape index (κ1) is 13.5. The van der Waals surface area contributed by atoms with Gasteiger partial charge in [0.2, 0.25) is 0 Å². The number of aliphatic hydroxyl groups is 2. The Bertz CT molecular complexity index is 624. The molecule has 6 aliphatic rings. The maximum absolute atomic E-state index is 13.0. The number of rotatable bonds is 0. The molecule has 2 saturated carbocycles. The van der Waals surface area contributed by atoms with Gasteiger partial charge < -0.3 is 29.2 Å². The number of carbonyl (C=O) groups is 1. The average molecular weight is 324 g/mol. The van der Waals surface area contributed by atoms with E-state index >= 15 is 0 Å². The van der Waals surface area contributed by atoms with Crippen molar-refractivity contribution in [3.05, 3.63) is 0 Å². The monoisotopic (exact) mass is 324 g/mol. The fourth-order valence-electron chi connectivity index (χ4n) is 7.17. The zero-order valence-corrected chi connectivity index (χ0v) is 12.8. The van der Waals surface area contributed by atoms with Gasteiger partial charge in [0.05, 0.1) is 35.7 Å². The summed E-state index contributed by atoms with van der Waals surface area (Å²) in [7, 11) is 0. The maximum Gasteiger partial charge on any atom is 0.340 e. The lowest BCUT2D eigenvalue weighted by molar-refractivity contribution is -0.201. The van der Waals surface area contributed by atoms with E-state index in [1.54, 1.807) is 0 Å². The minimum Gasteiger partial charge on any atom is -0.457 e. The summed E-state index contributed by atoms with van der Waals surface area (Å²) in [6.45, 7) is 2.83. The van der Waals surface area contributed by atoms with Crippen LogP contribution in [0.15, 0.2) is 0 Å². The number of aliphatic hydroxyl groups excluding tert-OH is 2. The summed E-state index contributed by atoms with van der Waals surface area (Å²) in [6, 6.07) is 0. The van der Waals surface area contributed by atoms with E-state index in [0.29, 0.717) is 19.4 Å². The molecule has 7 unspecified atom stereocenters. The Hall–Kier alpha value is -0.730. The van der Waals surface area contributed by atoms with Gasteiger partial charge in [-0.15, -0.1) is 0 Å². The smallest absolute Gasteiger partial charge is 0.340 e. The van der Waals surface area contributed by atoms with Gasteiger partial charge in [-0.25, -0.2) is 4.79 Å². The second-order valence-electron chi connectivity index (χ2n) is 8.22. The van der Waals surface area contributed by atoms with Gasteiger partial charge in [0, 0.05) is 12.5 Å². The molecule has 4 saturated heterocycles. The fraction of sp³-hybridized carbons (Fsp3) is 0.938. The number of fused-ring (bicyclic) bond motifs is 1. The second kappa shape index (κ2) is 3.60. The molecular formula is C16H20O7. The number of ether oxygens (including phenoxy) is 4. The molecule has 23 heavy (non-hydrogen) atoms. The van der Waals surface area contributed by atoms with Crippen LogP contribution in [0.25, 0.3) is 0 Å². The molecule has 6 rings (SSSR count). The van der Waals surface area contributed by atoms with Crippen LogP contribution >= 0.6 is 0 Å². The molecule has 4 heterocycles. The van der Waals surface area contributed by atoms with Crippen molar-refractivity contribution in [3.63, 3.8) is 0 Å². The Kier molecular flexibility index (Phi) is 2.12. The highest BCUT2D eigenvalue weighted by atomic mass is 16.7. The van der Waals surface area contributed by atoms with E-state index in [0.717, 1.165) is 0 Å². The van der Waals surface area contributed by atoms with Crippen molar-refractivity contribution < 1.29 is 34.0 Å². The Labute approximate surface area is 132 Å². The third-order valence-electron chi connectivity index (χ3n) is 7.71. The molecular weight excluding hydrogens is 304 g/mol. The maximum atomic E-state index is 13.0. The largest absolute Gasteiger partial charge is 0.457 e. The van der Waals surface area contributed by atoms with Crippen molar-refractivity contribution in [1.82, 2.24) is 0 Å². The van der Waals surface area contributed by atoms with Gasteiger partial charge in [0.25, 0.3) is 0 Å². The molecule has 2 spiro atoms. The summed E-state index contributed by atoms with van der Waals surface area (Å²) in [5, 5.41) is 21.4. The zero-order chi connectivity index (χ0) is 15.8. The summed E-state index contributed by atoms with van der Waals surface area (Å²) < 4.78 is 23.6. The van der Waals surface area contributed by atoms with Crippen LogP contribution < -0.4 is 0 Å². The second-order valence-corrected chi connectivity index (χ2v) is 8.22. The van der Waals surface area contributed by atoms with Crippen molar-refractivity contribution in [2.24, 2.45) is 22.7 Å². The van der Waals surface area contributed by atoms with Gasteiger partial charge in [0.1, 0.15) is 6.10 Å². The number of carbonyl (C=O) groups excluding carboxylic acids is 1. The normalized spacial score (nSPS) is 68.0. The first-order valence-corrected chi connectivity index (χ1v) is 8.47. The van der Waals surface area contributed by atoms with Crippen molar-refractivity contribution in [1.29, 1.82) is 0 Å². The Morgan fingerprint density at radius 1 is 1.17 bits per heavy atom. The first-order valence-electron chi connectivity index (χ1n) is 8.47. The van der Waals surface area contributed by atoms with E-state index < -0.39 is 47.0 Å². The summed E-state index contributed by atoms with van der Waals surface area (Å²) >= 11 is 0. The quantitative estimate of drug-likeness (QED) is 0.563. The molecule has 10 atom stereocenters. The molecule has 6 fully saturated rings. The van der Waals surface area contributed by atoms with E-state index in [2.05, 4.69) is 6.92 Å². The Morgan fingerprint density at radius 3 is 2.83 bits per heavy atom. The van der Waals surface area contributed by atoms with E-state index in [1.165, 1.54) is 0 Å². The summed E-state index contributed by atoms with van der Waals surface area (Å²) in [4.78, 5) is 13.0. The van der Waals surface area contributed by atoms with Gasteiger partial charge >= 0.3 is 5.97 Å². The zero-order valence-electron chi connectivity index (χ0n) is 12.8. The Balaban J connectivity index is 1.65. The number of esters is 1. The van der Waals surface area contributed by atoms with Crippen LogP contribution in [0, 0.1) is 22.7 Å². The summed E-state index contributed by atoms with van der Waals surface area (Å²) in [6.07, 6.45) is -2.03. The van der Waals surface area contributed by atoms with Crippen molar-refractivity contribution >= 4 is 5.97 Å². The molecule has 2 N–H and O–H groups in total. The molecule has 2 aliphatic carbocycles. The minimum atomic E-state index is -1.15. The number of hydrogen-bond acceptors (Lipinski definition) is 7. The molecule has 4 aliphatic heterocycles. The Morgan fingerprint density at radius 2 is 2.00 bits per heavy atom. The van der Waals surface area contributed by atoms with E-state index in [9.17, 15) is 15.0 Å².